The van der Waals surface area contributed by atoms with Gasteiger partial charge in [0.1, 0.15) is 12.4 Å². The molecule has 0 aliphatic carbocycles. The second-order valence-corrected chi connectivity index (χ2v) is 7.42. The molecular formula is C20H19ClN2O2S. The number of carbonyl (C=O) groups excluding carboxylic acids is 1. The highest BCUT2D eigenvalue weighted by molar-refractivity contribution is 7.09. The van der Waals surface area contributed by atoms with Crippen molar-refractivity contribution in [3.8, 4) is 5.75 Å². The van der Waals surface area contributed by atoms with Crippen LogP contribution in [-0.4, -0.2) is 10.9 Å². The monoisotopic (exact) mass is 386 g/mol. The van der Waals surface area contributed by atoms with Crippen molar-refractivity contribution in [2.45, 2.75) is 26.5 Å². The highest BCUT2D eigenvalue weighted by Crippen LogP contribution is 2.19. The molecule has 0 spiro atoms. The summed E-state index contributed by atoms with van der Waals surface area (Å²) in [5.41, 5.74) is 2.45. The summed E-state index contributed by atoms with van der Waals surface area (Å²) >= 11 is 7.60. The number of benzene rings is 2. The molecule has 0 aliphatic heterocycles. The van der Waals surface area contributed by atoms with Gasteiger partial charge in [-0.2, -0.15) is 0 Å². The van der Waals surface area contributed by atoms with Gasteiger partial charge in [0.05, 0.1) is 16.7 Å². The zero-order valence-corrected chi connectivity index (χ0v) is 16.1. The van der Waals surface area contributed by atoms with Gasteiger partial charge in [-0.15, -0.1) is 11.3 Å². The number of aromatic nitrogens is 1. The van der Waals surface area contributed by atoms with Crippen LogP contribution in [0.4, 0.5) is 0 Å². The molecule has 0 radical (unpaired) electrons. The molecule has 0 unspecified atom stereocenters. The SMILES string of the molecule is Cc1nc(COc2ccc(C(=O)N[C@@H](C)c3cccc(Cl)c3)cc2)cs1. The van der Waals surface area contributed by atoms with Crippen LogP contribution in [0.1, 0.15) is 39.6 Å². The Morgan fingerprint density at radius 1 is 1.27 bits per heavy atom. The number of rotatable bonds is 6. The Balaban J connectivity index is 1.58. The Morgan fingerprint density at radius 3 is 2.69 bits per heavy atom. The molecule has 134 valence electrons. The number of halogens is 1. The van der Waals surface area contributed by atoms with E-state index in [2.05, 4.69) is 10.3 Å². The average Bonchev–Trinajstić information content (AvgIpc) is 3.05. The maximum absolute atomic E-state index is 12.4. The molecule has 1 aromatic heterocycles. The van der Waals surface area contributed by atoms with Gasteiger partial charge in [0.25, 0.3) is 5.91 Å². The first-order valence-electron chi connectivity index (χ1n) is 8.21. The van der Waals surface area contributed by atoms with Gasteiger partial charge in [0.15, 0.2) is 0 Å². The van der Waals surface area contributed by atoms with Crippen molar-refractivity contribution in [1.82, 2.24) is 10.3 Å². The summed E-state index contributed by atoms with van der Waals surface area (Å²) in [5.74, 6) is 0.564. The van der Waals surface area contributed by atoms with E-state index in [9.17, 15) is 4.79 Å². The van der Waals surface area contributed by atoms with Crippen molar-refractivity contribution in [3.05, 3.63) is 80.8 Å². The summed E-state index contributed by atoms with van der Waals surface area (Å²) in [7, 11) is 0. The first-order chi connectivity index (χ1) is 12.5. The molecule has 0 aliphatic rings. The first-order valence-corrected chi connectivity index (χ1v) is 9.47. The highest BCUT2D eigenvalue weighted by atomic mass is 35.5. The second-order valence-electron chi connectivity index (χ2n) is 5.92. The van der Waals surface area contributed by atoms with E-state index in [-0.39, 0.29) is 11.9 Å². The van der Waals surface area contributed by atoms with Crippen molar-refractivity contribution >= 4 is 28.8 Å². The predicted molar refractivity (Wildman–Crippen MR) is 105 cm³/mol. The minimum absolute atomic E-state index is 0.134. The summed E-state index contributed by atoms with van der Waals surface area (Å²) in [6.45, 7) is 4.31. The zero-order chi connectivity index (χ0) is 18.5. The number of hydrogen-bond acceptors (Lipinski definition) is 4. The van der Waals surface area contributed by atoms with E-state index in [1.54, 1.807) is 35.6 Å². The van der Waals surface area contributed by atoms with Crippen LogP contribution in [0.2, 0.25) is 5.02 Å². The number of thiazole rings is 1. The third kappa shape index (κ3) is 4.84. The molecule has 26 heavy (non-hydrogen) atoms. The van der Waals surface area contributed by atoms with Crippen molar-refractivity contribution in [3.63, 3.8) is 0 Å². The number of ether oxygens (including phenoxy) is 1. The van der Waals surface area contributed by atoms with Crippen LogP contribution in [0.25, 0.3) is 0 Å². The molecule has 6 heteroatoms. The van der Waals surface area contributed by atoms with E-state index in [0.717, 1.165) is 16.3 Å². The largest absolute Gasteiger partial charge is 0.487 e. The van der Waals surface area contributed by atoms with Gasteiger partial charge in [-0.05, 0) is 55.8 Å². The summed E-state index contributed by atoms with van der Waals surface area (Å²) < 4.78 is 5.70. The molecule has 4 nitrogen and oxygen atoms in total. The van der Waals surface area contributed by atoms with Gasteiger partial charge in [-0.1, -0.05) is 23.7 Å². The molecule has 0 bridgehead atoms. The van der Waals surface area contributed by atoms with E-state index < -0.39 is 0 Å². The topological polar surface area (TPSA) is 51.2 Å². The summed E-state index contributed by atoms with van der Waals surface area (Å²) in [6.07, 6.45) is 0. The van der Waals surface area contributed by atoms with Gasteiger partial charge >= 0.3 is 0 Å². The van der Waals surface area contributed by atoms with Crippen LogP contribution in [0.3, 0.4) is 0 Å². The zero-order valence-electron chi connectivity index (χ0n) is 14.5. The normalized spacial score (nSPS) is 11.8. The minimum atomic E-state index is -0.140. The fraction of sp³-hybridized carbons (Fsp3) is 0.200. The van der Waals surface area contributed by atoms with E-state index >= 15 is 0 Å². The summed E-state index contributed by atoms with van der Waals surface area (Å²) in [4.78, 5) is 16.8. The van der Waals surface area contributed by atoms with Crippen LogP contribution < -0.4 is 10.1 Å². The lowest BCUT2D eigenvalue weighted by atomic mass is 10.1. The van der Waals surface area contributed by atoms with Crippen molar-refractivity contribution in [2.24, 2.45) is 0 Å². The molecule has 0 saturated carbocycles. The molecule has 0 fully saturated rings. The number of nitrogens with one attached hydrogen (secondary N) is 1. The van der Waals surface area contributed by atoms with Crippen molar-refractivity contribution in [1.29, 1.82) is 0 Å². The molecule has 1 N–H and O–H groups in total. The Bertz CT molecular complexity index is 893. The standard InChI is InChI=1S/C20H19ClN2O2S/c1-13(16-4-3-5-17(21)10-16)22-20(24)15-6-8-19(9-7-15)25-11-18-12-26-14(2)23-18/h3-10,12-13H,11H2,1-2H3,(H,22,24)/t13-/m0/s1. The number of hydrogen-bond donors (Lipinski definition) is 1. The molecule has 1 atom stereocenters. The maximum Gasteiger partial charge on any atom is 0.251 e. The number of carbonyl (C=O) groups is 1. The van der Waals surface area contributed by atoms with Crippen LogP contribution in [-0.2, 0) is 6.61 Å². The highest BCUT2D eigenvalue weighted by Gasteiger charge is 2.12. The van der Waals surface area contributed by atoms with Crippen LogP contribution in [0.15, 0.2) is 53.9 Å². The quantitative estimate of drug-likeness (QED) is 0.635. The van der Waals surface area contributed by atoms with Crippen LogP contribution >= 0.6 is 22.9 Å². The van der Waals surface area contributed by atoms with E-state index in [1.165, 1.54) is 0 Å². The maximum atomic E-state index is 12.4. The molecule has 1 amide bonds. The summed E-state index contributed by atoms with van der Waals surface area (Å²) in [5, 5.41) is 6.62. The smallest absolute Gasteiger partial charge is 0.251 e. The minimum Gasteiger partial charge on any atom is -0.487 e. The molecule has 3 aromatic rings. The van der Waals surface area contributed by atoms with E-state index in [4.69, 9.17) is 16.3 Å². The Morgan fingerprint density at radius 2 is 2.04 bits per heavy atom. The van der Waals surface area contributed by atoms with Crippen LogP contribution in [0, 0.1) is 6.92 Å². The molecular weight excluding hydrogens is 368 g/mol. The van der Waals surface area contributed by atoms with E-state index in [0.29, 0.717) is 22.9 Å². The van der Waals surface area contributed by atoms with Crippen molar-refractivity contribution < 1.29 is 9.53 Å². The van der Waals surface area contributed by atoms with Gasteiger partial charge in [-0.3, -0.25) is 4.79 Å². The predicted octanol–water partition coefficient (Wildman–Crippen LogP) is 5.17. The lowest BCUT2D eigenvalue weighted by molar-refractivity contribution is 0.0940. The fourth-order valence-corrected chi connectivity index (χ4v) is 3.27. The molecule has 3 rings (SSSR count). The third-order valence-corrected chi connectivity index (χ3v) is 4.92. The van der Waals surface area contributed by atoms with Gasteiger partial charge in [-0.25, -0.2) is 4.98 Å². The van der Waals surface area contributed by atoms with Gasteiger partial charge in [0.2, 0.25) is 0 Å². The van der Waals surface area contributed by atoms with Gasteiger partial charge in [0, 0.05) is 16.0 Å². The second kappa shape index (κ2) is 8.34. The van der Waals surface area contributed by atoms with Gasteiger partial charge < -0.3 is 10.1 Å². The first kappa shape index (κ1) is 18.4. The van der Waals surface area contributed by atoms with E-state index in [1.807, 2.05) is 43.5 Å². The summed E-state index contributed by atoms with van der Waals surface area (Å²) in [6, 6.07) is 14.4. The molecule has 0 saturated heterocycles. The number of nitrogens with zero attached hydrogens (tertiary/aromatic N) is 1. The Hall–Kier alpha value is -2.37. The number of amides is 1. The lowest BCUT2D eigenvalue weighted by Crippen LogP contribution is -2.26. The lowest BCUT2D eigenvalue weighted by Gasteiger charge is -2.15. The molecule has 1 heterocycles. The Labute approximate surface area is 161 Å². The fourth-order valence-electron chi connectivity index (χ4n) is 2.47. The number of aryl methyl sites for hydroxylation is 1. The Kier molecular flexibility index (Phi) is 5.91. The van der Waals surface area contributed by atoms with Crippen molar-refractivity contribution in [2.75, 3.05) is 0 Å². The third-order valence-electron chi connectivity index (χ3n) is 3.87. The molecule has 2 aromatic carbocycles. The van der Waals surface area contributed by atoms with Crippen LogP contribution in [0.5, 0.6) is 5.75 Å². The average molecular weight is 387 g/mol.